The molecule has 1 aromatic heterocycles. The number of furan rings is 1. The van der Waals surface area contributed by atoms with Crippen LogP contribution in [-0.2, 0) is 5.41 Å². The maximum absolute atomic E-state index is 6.44. The molecule has 5 aromatic rings. The Hall–Kier alpha value is -3.06. The van der Waals surface area contributed by atoms with Crippen LogP contribution < -0.4 is 0 Å². The lowest BCUT2D eigenvalue weighted by Crippen LogP contribution is -2.48. The molecule has 0 spiro atoms. The summed E-state index contributed by atoms with van der Waals surface area (Å²) in [5, 5.41) is 5.05. The number of aryl methyl sites for hydroxylation is 1. The molecule has 4 saturated carbocycles. The minimum atomic E-state index is 0.453. The molecule has 1 nitrogen and oxygen atoms in total. The summed E-state index contributed by atoms with van der Waals surface area (Å²) in [5.41, 5.74) is 7.84. The zero-order valence-corrected chi connectivity index (χ0v) is 19.8. The standard InChI is InChI=1S/C33H30O/c1-20-6-12-28(31-30-27-5-3-2-4-24(27)9-13-29(30)34-32(20)31)25-7-10-26(11-8-25)33-17-21-14-22(18-33)16-23(15-21)19-33/h2-13,21-23H,14-19H2,1H3. The van der Waals surface area contributed by atoms with E-state index >= 15 is 0 Å². The van der Waals surface area contributed by atoms with Gasteiger partial charge in [-0.1, -0.05) is 66.7 Å². The lowest BCUT2D eigenvalue weighted by atomic mass is 9.48. The highest BCUT2D eigenvalue weighted by Crippen LogP contribution is 2.60. The van der Waals surface area contributed by atoms with Crippen molar-refractivity contribution in [3.8, 4) is 11.1 Å². The van der Waals surface area contributed by atoms with Gasteiger partial charge in [0.15, 0.2) is 0 Å². The fourth-order valence-corrected chi connectivity index (χ4v) is 8.48. The van der Waals surface area contributed by atoms with Gasteiger partial charge in [0, 0.05) is 10.8 Å². The van der Waals surface area contributed by atoms with Crippen LogP contribution in [0.4, 0.5) is 0 Å². The van der Waals surface area contributed by atoms with Crippen molar-refractivity contribution in [1.29, 1.82) is 0 Å². The Morgan fingerprint density at radius 2 is 1.41 bits per heavy atom. The van der Waals surface area contributed by atoms with Crippen molar-refractivity contribution in [3.63, 3.8) is 0 Å². The summed E-state index contributed by atoms with van der Waals surface area (Å²) >= 11 is 0. The van der Waals surface area contributed by atoms with E-state index in [-0.39, 0.29) is 0 Å². The smallest absolute Gasteiger partial charge is 0.138 e. The van der Waals surface area contributed by atoms with Crippen molar-refractivity contribution >= 4 is 32.7 Å². The lowest BCUT2D eigenvalue weighted by Gasteiger charge is -2.57. The number of hydrogen-bond donors (Lipinski definition) is 0. The topological polar surface area (TPSA) is 13.1 Å². The molecule has 0 unspecified atom stereocenters. The van der Waals surface area contributed by atoms with Gasteiger partial charge in [0.1, 0.15) is 11.2 Å². The molecule has 4 aromatic carbocycles. The van der Waals surface area contributed by atoms with Crippen molar-refractivity contribution in [2.75, 3.05) is 0 Å². The maximum atomic E-state index is 6.44. The molecule has 0 saturated heterocycles. The van der Waals surface area contributed by atoms with E-state index in [1.807, 2.05) is 0 Å². The van der Waals surface area contributed by atoms with Gasteiger partial charge in [0.05, 0.1) is 0 Å². The quantitative estimate of drug-likeness (QED) is 0.265. The molecule has 0 aliphatic heterocycles. The number of fused-ring (bicyclic) bond motifs is 5. The van der Waals surface area contributed by atoms with Crippen LogP contribution in [0.25, 0.3) is 43.8 Å². The van der Waals surface area contributed by atoms with Gasteiger partial charge < -0.3 is 4.42 Å². The molecule has 4 bridgehead atoms. The third-order valence-electron chi connectivity index (χ3n) is 9.55. The minimum absolute atomic E-state index is 0.453. The zero-order chi connectivity index (χ0) is 22.4. The molecule has 34 heavy (non-hydrogen) atoms. The predicted molar refractivity (Wildman–Crippen MR) is 141 cm³/mol. The second kappa shape index (κ2) is 6.75. The minimum Gasteiger partial charge on any atom is -0.456 e. The van der Waals surface area contributed by atoms with Crippen LogP contribution in [0.1, 0.15) is 49.7 Å². The lowest BCUT2D eigenvalue weighted by molar-refractivity contribution is -0.00518. The highest BCUT2D eigenvalue weighted by Gasteiger charge is 2.51. The average molecular weight is 443 g/mol. The highest BCUT2D eigenvalue weighted by atomic mass is 16.3. The molecular weight excluding hydrogens is 412 g/mol. The van der Waals surface area contributed by atoms with E-state index in [0.29, 0.717) is 5.41 Å². The van der Waals surface area contributed by atoms with Gasteiger partial charge in [-0.15, -0.1) is 0 Å². The zero-order valence-electron chi connectivity index (χ0n) is 19.8. The first kappa shape index (κ1) is 19.3. The molecule has 4 aliphatic carbocycles. The summed E-state index contributed by atoms with van der Waals surface area (Å²) in [4.78, 5) is 0. The van der Waals surface area contributed by atoms with Crippen molar-refractivity contribution in [1.82, 2.24) is 0 Å². The summed E-state index contributed by atoms with van der Waals surface area (Å²) in [6.45, 7) is 2.16. The first-order chi connectivity index (χ1) is 16.7. The number of rotatable bonds is 2. The van der Waals surface area contributed by atoms with Crippen molar-refractivity contribution in [2.45, 2.75) is 50.9 Å². The predicted octanol–water partition coefficient (Wildman–Crippen LogP) is 9.18. The molecular formula is C33H30O. The van der Waals surface area contributed by atoms with Crippen LogP contribution in [0.15, 0.2) is 77.2 Å². The van der Waals surface area contributed by atoms with Crippen LogP contribution in [0.5, 0.6) is 0 Å². The Kier molecular flexibility index (Phi) is 3.83. The van der Waals surface area contributed by atoms with Gasteiger partial charge in [-0.3, -0.25) is 0 Å². The molecule has 4 aliphatic rings. The van der Waals surface area contributed by atoms with Crippen LogP contribution in [-0.4, -0.2) is 0 Å². The van der Waals surface area contributed by atoms with E-state index in [9.17, 15) is 0 Å². The van der Waals surface area contributed by atoms with Crippen molar-refractivity contribution in [2.24, 2.45) is 17.8 Å². The largest absolute Gasteiger partial charge is 0.456 e. The van der Waals surface area contributed by atoms with E-state index in [2.05, 4.69) is 79.7 Å². The molecule has 4 fully saturated rings. The van der Waals surface area contributed by atoms with Crippen molar-refractivity contribution in [3.05, 3.63) is 83.9 Å². The fourth-order valence-electron chi connectivity index (χ4n) is 8.48. The van der Waals surface area contributed by atoms with Gasteiger partial charge in [-0.2, -0.15) is 0 Å². The Morgan fingerprint density at radius 1 is 0.706 bits per heavy atom. The second-order valence-electron chi connectivity index (χ2n) is 11.7. The Bertz CT molecular complexity index is 1550. The van der Waals surface area contributed by atoms with Crippen LogP contribution >= 0.6 is 0 Å². The van der Waals surface area contributed by atoms with Gasteiger partial charge in [-0.05, 0) is 108 Å². The summed E-state index contributed by atoms with van der Waals surface area (Å²) in [7, 11) is 0. The fraction of sp³-hybridized carbons (Fsp3) is 0.333. The average Bonchev–Trinajstić information content (AvgIpc) is 3.25. The maximum Gasteiger partial charge on any atom is 0.138 e. The van der Waals surface area contributed by atoms with Crippen molar-refractivity contribution < 1.29 is 4.42 Å². The van der Waals surface area contributed by atoms with Gasteiger partial charge in [0.2, 0.25) is 0 Å². The van der Waals surface area contributed by atoms with Gasteiger partial charge in [0.25, 0.3) is 0 Å². The molecule has 9 rings (SSSR count). The highest BCUT2D eigenvalue weighted by molar-refractivity contribution is 6.23. The normalized spacial score (nSPS) is 27.9. The van der Waals surface area contributed by atoms with E-state index in [1.165, 1.54) is 76.8 Å². The molecule has 1 heterocycles. The molecule has 0 amide bonds. The molecule has 0 radical (unpaired) electrons. The second-order valence-corrected chi connectivity index (χ2v) is 11.7. The Labute approximate surface area is 200 Å². The monoisotopic (exact) mass is 442 g/mol. The summed E-state index contributed by atoms with van der Waals surface area (Å²) in [6, 6.07) is 27.2. The molecule has 0 N–H and O–H groups in total. The van der Waals surface area contributed by atoms with E-state index in [0.717, 1.165) is 28.9 Å². The van der Waals surface area contributed by atoms with E-state index in [1.54, 1.807) is 5.56 Å². The first-order valence-corrected chi connectivity index (χ1v) is 13.1. The summed E-state index contributed by atoms with van der Waals surface area (Å²) < 4.78 is 6.44. The number of benzene rings is 4. The summed E-state index contributed by atoms with van der Waals surface area (Å²) in [6.07, 6.45) is 8.77. The summed E-state index contributed by atoms with van der Waals surface area (Å²) in [5.74, 6) is 2.94. The molecule has 168 valence electrons. The third-order valence-corrected chi connectivity index (χ3v) is 9.55. The van der Waals surface area contributed by atoms with E-state index < -0.39 is 0 Å². The van der Waals surface area contributed by atoms with Crippen LogP contribution in [0, 0.1) is 24.7 Å². The van der Waals surface area contributed by atoms with Crippen LogP contribution in [0.2, 0.25) is 0 Å². The van der Waals surface area contributed by atoms with Gasteiger partial charge in [-0.25, -0.2) is 0 Å². The van der Waals surface area contributed by atoms with Gasteiger partial charge >= 0.3 is 0 Å². The molecule has 0 atom stereocenters. The third kappa shape index (κ3) is 2.62. The Morgan fingerprint density at radius 3 is 2.15 bits per heavy atom. The first-order valence-electron chi connectivity index (χ1n) is 13.1. The SMILES string of the molecule is Cc1ccc(-c2ccc(C34CC5CC(CC(C5)C3)C4)cc2)c2c1oc1ccc3ccccc3c12. The molecule has 1 heteroatoms. The van der Waals surface area contributed by atoms with E-state index in [4.69, 9.17) is 4.42 Å². The Balaban J connectivity index is 1.30. The van der Waals surface area contributed by atoms with Crippen LogP contribution in [0.3, 0.4) is 0 Å². The number of hydrogen-bond acceptors (Lipinski definition) is 1.